The number of nitrogens with one attached hydrogen (secondary N) is 2. The first-order chi connectivity index (χ1) is 9.67. The van der Waals surface area contributed by atoms with Gasteiger partial charge in [0.15, 0.2) is 0 Å². The monoisotopic (exact) mass is 278 g/mol. The lowest BCUT2D eigenvalue weighted by molar-refractivity contribution is -0.121. The molecule has 4 nitrogen and oxygen atoms in total. The smallest absolute Gasteiger partial charge is 0.221 e. The molecule has 4 heteroatoms. The molecule has 0 aliphatic heterocycles. The van der Waals surface area contributed by atoms with Crippen molar-refractivity contribution in [1.29, 1.82) is 0 Å². The van der Waals surface area contributed by atoms with Crippen molar-refractivity contribution in [2.24, 2.45) is 0 Å². The number of hydrogen-bond donors (Lipinski definition) is 2. The van der Waals surface area contributed by atoms with Gasteiger partial charge in [0.05, 0.1) is 6.61 Å². The van der Waals surface area contributed by atoms with E-state index in [9.17, 15) is 4.79 Å². The number of hydrogen-bond acceptors (Lipinski definition) is 3. The van der Waals surface area contributed by atoms with E-state index < -0.39 is 0 Å². The molecule has 112 valence electrons. The molecule has 1 unspecified atom stereocenters. The zero-order chi connectivity index (χ0) is 14.8. The van der Waals surface area contributed by atoms with E-state index in [4.69, 9.17) is 4.74 Å². The van der Waals surface area contributed by atoms with Crippen LogP contribution in [-0.4, -0.2) is 25.6 Å². The Bertz CT molecular complexity index is 407. The minimum absolute atomic E-state index is 0.108. The minimum Gasteiger partial charge on any atom is -0.380 e. The van der Waals surface area contributed by atoms with Gasteiger partial charge in [0, 0.05) is 32.7 Å². The third-order valence-corrected chi connectivity index (χ3v) is 3.28. The highest BCUT2D eigenvalue weighted by atomic mass is 16.5. The number of carbonyl (C=O) groups is 1. The predicted molar refractivity (Wildman–Crippen MR) is 81.4 cm³/mol. The van der Waals surface area contributed by atoms with Crippen LogP contribution in [0.2, 0.25) is 0 Å². The Morgan fingerprint density at radius 2 is 2.00 bits per heavy atom. The Labute approximate surface area is 121 Å². The van der Waals surface area contributed by atoms with Crippen LogP contribution in [0.4, 0.5) is 0 Å². The number of methoxy groups -OCH3 is 1. The molecule has 1 atom stereocenters. The molecule has 0 radical (unpaired) electrons. The predicted octanol–water partition coefficient (Wildman–Crippen LogP) is 2.23. The summed E-state index contributed by atoms with van der Waals surface area (Å²) in [6.07, 6.45) is 1.47. The molecule has 0 aliphatic rings. The maximum absolute atomic E-state index is 11.6. The van der Waals surface area contributed by atoms with Crippen molar-refractivity contribution in [1.82, 2.24) is 10.6 Å². The summed E-state index contributed by atoms with van der Waals surface area (Å²) in [5.74, 6) is 0.108. The molecule has 0 saturated carbocycles. The highest BCUT2D eigenvalue weighted by Gasteiger charge is 2.05. The molecule has 0 saturated heterocycles. The van der Waals surface area contributed by atoms with Crippen molar-refractivity contribution >= 4 is 5.91 Å². The van der Waals surface area contributed by atoms with Gasteiger partial charge in [-0.05, 0) is 24.5 Å². The number of rotatable bonds is 9. The molecular weight excluding hydrogens is 252 g/mol. The van der Waals surface area contributed by atoms with Crippen molar-refractivity contribution in [3.63, 3.8) is 0 Å². The molecule has 1 amide bonds. The Morgan fingerprint density at radius 1 is 1.30 bits per heavy atom. The van der Waals surface area contributed by atoms with Gasteiger partial charge in [-0.25, -0.2) is 0 Å². The number of carbonyl (C=O) groups excluding carboxylic acids is 1. The molecule has 0 bridgehead atoms. The Morgan fingerprint density at radius 3 is 2.65 bits per heavy atom. The summed E-state index contributed by atoms with van der Waals surface area (Å²) in [6, 6.07) is 8.44. The van der Waals surface area contributed by atoms with Gasteiger partial charge < -0.3 is 15.4 Å². The van der Waals surface area contributed by atoms with Crippen LogP contribution in [0.3, 0.4) is 0 Å². The molecule has 0 fully saturated rings. The van der Waals surface area contributed by atoms with Gasteiger partial charge in [-0.3, -0.25) is 4.79 Å². The lowest BCUT2D eigenvalue weighted by Crippen LogP contribution is -2.33. The van der Waals surface area contributed by atoms with E-state index in [1.165, 1.54) is 11.1 Å². The quantitative estimate of drug-likeness (QED) is 0.681. The van der Waals surface area contributed by atoms with Crippen LogP contribution in [0.1, 0.15) is 37.8 Å². The summed E-state index contributed by atoms with van der Waals surface area (Å²) in [4.78, 5) is 11.6. The summed E-state index contributed by atoms with van der Waals surface area (Å²) in [5, 5.41) is 6.27. The second kappa shape index (κ2) is 9.50. The molecule has 1 rings (SSSR count). The fourth-order valence-electron chi connectivity index (χ4n) is 1.90. The maximum atomic E-state index is 11.6. The second-order valence-corrected chi connectivity index (χ2v) is 5.01. The van der Waals surface area contributed by atoms with Crippen LogP contribution in [-0.2, 0) is 22.7 Å². The standard InChI is InChI=1S/C16H26N2O2/c1-4-13(2)18-16(19)9-10-17-11-14-7-5-6-8-15(14)12-20-3/h5-8,13,17H,4,9-12H2,1-3H3,(H,18,19). The van der Waals surface area contributed by atoms with Crippen LogP contribution in [0.15, 0.2) is 24.3 Å². The first-order valence-electron chi connectivity index (χ1n) is 7.23. The zero-order valence-corrected chi connectivity index (χ0v) is 12.7. The summed E-state index contributed by atoms with van der Waals surface area (Å²) < 4.78 is 5.18. The zero-order valence-electron chi connectivity index (χ0n) is 12.7. The summed E-state index contributed by atoms with van der Waals surface area (Å²) in [7, 11) is 1.70. The van der Waals surface area contributed by atoms with E-state index in [0.717, 1.165) is 13.0 Å². The first-order valence-corrected chi connectivity index (χ1v) is 7.23. The van der Waals surface area contributed by atoms with E-state index in [2.05, 4.69) is 29.7 Å². The highest BCUT2D eigenvalue weighted by Crippen LogP contribution is 2.09. The van der Waals surface area contributed by atoms with Gasteiger partial charge in [0.25, 0.3) is 0 Å². The van der Waals surface area contributed by atoms with E-state index in [0.29, 0.717) is 19.6 Å². The Hall–Kier alpha value is -1.39. The molecule has 20 heavy (non-hydrogen) atoms. The van der Waals surface area contributed by atoms with E-state index >= 15 is 0 Å². The van der Waals surface area contributed by atoms with Gasteiger partial charge in [-0.15, -0.1) is 0 Å². The van der Waals surface area contributed by atoms with Crippen LogP contribution in [0.25, 0.3) is 0 Å². The molecule has 0 heterocycles. The summed E-state index contributed by atoms with van der Waals surface area (Å²) >= 11 is 0. The lowest BCUT2D eigenvalue weighted by Gasteiger charge is -2.12. The molecule has 1 aromatic rings. The van der Waals surface area contributed by atoms with Crippen LogP contribution in [0.5, 0.6) is 0 Å². The van der Waals surface area contributed by atoms with Crippen molar-refractivity contribution in [2.45, 2.75) is 45.9 Å². The first kappa shape index (κ1) is 16.7. The number of amides is 1. The van der Waals surface area contributed by atoms with Crippen LogP contribution >= 0.6 is 0 Å². The van der Waals surface area contributed by atoms with E-state index in [1.54, 1.807) is 7.11 Å². The second-order valence-electron chi connectivity index (χ2n) is 5.01. The molecule has 0 aromatic heterocycles. The average Bonchev–Trinajstić information content (AvgIpc) is 2.45. The van der Waals surface area contributed by atoms with Crippen molar-refractivity contribution in [3.8, 4) is 0 Å². The molecular formula is C16H26N2O2. The SMILES string of the molecule is CCC(C)NC(=O)CCNCc1ccccc1COC. The van der Waals surface area contributed by atoms with Gasteiger partial charge in [-0.2, -0.15) is 0 Å². The van der Waals surface area contributed by atoms with Gasteiger partial charge in [0.1, 0.15) is 0 Å². The normalized spacial score (nSPS) is 12.2. The van der Waals surface area contributed by atoms with Crippen LogP contribution in [0, 0.1) is 0 Å². The van der Waals surface area contributed by atoms with Gasteiger partial charge in [-0.1, -0.05) is 31.2 Å². The summed E-state index contributed by atoms with van der Waals surface area (Å²) in [6.45, 7) is 6.15. The van der Waals surface area contributed by atoms with Gasteiger partial charge >= 0.3 is 0 Å². The Kier molecular flexibility index (Phi) is 7.92. The van der Waals surface area contributed by atoms with E-state index in [-0.39, 0.29) is 11.9 Å². The third kappa shape index (κ3) is 6.17. The topological polar surface area (TPSA) is 50.4 Å². The van der Waals surface area contributed by atoms with E-state index in [1.807, 2.05) is 19.1 Å². The van der Waals surface area contributed by atoms with Crippen LogP contribution < -0.4 is 10.6 Å². The average molecular weight is 278 g/mol. The molecule has 0 aliphatic carbocycles. The minimum atomic E-state index is 0.108. The fraction of sp³-hybridized carbons (Fsp3) is 0.562. The number of ether oxygens (including phenoxy) is 1. The largest absolute Gasteiger partial charge is 0.380 e. The van der Waals surface area contributed by atoms with Crippen molar-refractivity contribution in [3.05, 3.63) is 35.4 Å². The molecule has 2 N–H and O–H groups in total. The fourth-order valence-corrected chi connectivity index (χ4v) is 1.90. The lowest BCUT2D eigenvalue weighted by atomic mass is 10.1. The number of benzene rings is 1. The summed E-state index contributed by atoms with van der Waals surface area (Å²) in [5.41, 5.74) is 2.41. The van der Waals surface area contributed by atoms with Gasteiger partial charge in [0.2, 0.25) is 5.91 Å². The highest BCUT2D eigenvalue weighted by molar-refractivity contribution is 5.76. The van der Waals surface area contributed by atoms with Crippen molar-refractivity contribution < 1.29 is 9.53 Å². The maximum Gasteiger partial charge on any atom is 0.221 e. The molecule has 0 spiro atoms. The molecule has 1 aromatic carbocycles. The Balaban J connectivity index is 2.29. The third-order valence-electron chi connectivity index (χ3n) is 3.28. The van der Waals surface area contributed by atoms with Crippen molar-refractivity contribution in [2.75, 3.05) is 13.7 Å².